The van der Waals surface area contributed by atoms with Gasteiger partial charge < -0.3 is 14.2 Å². The molecule has 6 atom stereocenters. The first kappa shape index (κ1) is 40.5. The van der Waals surface area contributed by atoms with Crippen LogP contribution in [0.25, 0.3) is 0 Å². The summed E-state index contributed by atoms with van der Waals surface area (Å²) >= 11 is 0. The zero-order chi connectivity index (χ0) is 37.3. The molecule has 3 aromatic rings. The van der Waals surface area contributed by atoms with E-state index in [-0.39, 0.29) is 73.1 Å². The Labute approximate surface area is 310 Å². The maximum Gasteiger partial charge on any atom is 0.309 e. The average molecular weight is 711 g/mol. The first-order valence-electron chi connectivity index (χ1n) is 19.3. The van der Waals surface area contributed by atoms with Crippen LogP contribution in [0.2, 0.25) is 0 Å². The fourth-order valence-corrected chi connectivity index (χ4v) is 7.51. The standard InChI is InChI=1S/C45H58O7/c1-5-15-42(46)38-24-23-37(41(28-38)45(49)52-31-36-20-13-8-14-21-36)25-27-40(44(48)51-30-35-18-11-7-12-19-35)33(4)22-26-39(32(2)3)43(47)50-29-34-16-9-6-10-17-34/h6-14,16-21,32-33,37-41H,5,15,22-31H2,1-4H3. The Kier molecular flexibility index (Phi) is 16.6. The first-order chi connectivity index (χ1) is 25.2. The Morgan fingerprint density at radius 3 is 1.63 bits per heavy atom. The van der Waals surface area contributed by atoms with Crippen LogP contribution in [0.15, 0.2) is 91.0 Å². The van der Waals surface area contributed by atoms with Gasteiger partial charge in [-0.1, -0.05) is 119 Å². The predicted octanol–water partition coefficient (Wildman–Crippen LogP) is 9.70. The lowest BCUT2D eigenvalue weighted by molar-refractivity contribution is -0.155. The average Bonchev–Trinajstić information content (AvgIpc) is 3.16. The number of carbonyl (C=O) groups excluding carboxylic acids is 4. The van der Waals surface area contributed by atoms with Crippen LogP contribution in [-0.4, -0.2) is 23.7 Å². The molecule has 1 fully saturated rings. The van der Waals surface area contributed by atoms with Crippen LogP contribution in [-0.2, 0) is 53.2 Å². The van der Waals surface area contributed by atoms with E-state index in [9.17, 15) is 19.2 Å². The van der Waals surface area contributed by atoms with Crippen molar-refractivity contribution in [3.63, 3.8) is 0 Å². The number of benzene rings is 3. The zero-order valence-corrected chi connectivity index (χ0v) is 31.5. The summed E-state index contributed by atoms with van der Waals surface area (Å²) in [5.74, 6) is -1.82. The van der Waals surface area contributed by atoms with Crippen molar-refractivity contribution in [1.29, 1.82) is 0 Å². The van der Waals surface area contributed by atoms with Gasteiger partial charge in [-0.2, -0.15) is 0 Å². The second-order valence-corrected chi connectivity index (χ2v) is 15.0. The van der Waals surface area contributed by atoms with Gasteiger partial charge in [0.15, 0.2) is 0 Å². The van der Waals surface area contributed by atoms with E-state index in [2.05, 4.69) is 6.92 Å². The lowest BCUT2D eigenvalue weighted by atomic mass is 9.69. The molecule has 7 nitrogen and oxygen atoms in total. The topological polar surface area (TPSA) is 96.0 Å². The number of rotatable bonds is 20. The Bertz CT molecular complexity index is 1520. The van der Waals surface area contributed by atoms with Crippen molar-refractivity contribution in [2.24, 2.45) is 41.4 Å². The smallest absolute Gasteiger partial charge is 0.309 e. The summed E-state index contributed by atoms with van der Waals surface area (Å²) in [5.41, 5.74) is 2.78. The molecule has 6 unspecified atom stereocenters. The lowest BCUT2D eigenvalue weighted by Gasteiger charge is -2.35. The largest absolute Gasteiger partial charge is 0.461 e. The molecule has 0 radical (unpaired) electrons. The molecule has 1 aliphatic carbocycles. The Morgan fingerprint density at radius 2 is 1.13 bits per heavy atom. The van der Waals surface area contributed by atoms with Crippen LogP contribution < -0.4 is 0 Å². The summed E-state index contributed by atoms with van der Waals surface area (Å²) < 4.78 is 17.5. The lowest BCUT2D eigenvalue weighted by Crippen LogP contribution is -2.36. The number of carbonyl (C=O) groups is 4. The van der Waals surface area contributed by atoms with Gasteiger partial charge in [0.05, 0.1) is 17.8 Å². The Balaban J connectivity index is 1.45. The van der Waals surface area contributed by atoms with E-state index in [1.807, 2.05) is 112 Å². The number of ketones is 1. The summed E-state index contributed by atoms with van der Waals surface area (Å²) in [6, 6.07) is 28.9. The van der Waals surface area contributed by atoms with Crippen molar-refractivity contribution in [2.45, 2.75) is 105 Å². The molecule has 4 rings (SSSR count). The SMILES string of the molecule is CCCC(=O)C1CCC(CCC(C(=O)OCc2ccccc2)C(C)CCC(C(=O)OCc2ccccc2)C(C)C)C(C(=O)OCc2ccccc2)C1. The predicted molar refractivity (Wildman–Crippen MR) is 202 cm³/mol. The summed E-state index contributed by atoms with van der Waals surface area (Å²) in [7, 11) is 0. The van der Waals surface area contributed by atoms with Gasteiger partial charge in [0.2, 0.25) is 0 Å². The quantitative estimate of drug-likeness (QED) is 0.0851. The van der Waals surface area contributed by atoms with E-state index >= 15 is 0 Å². The molecule has 3 aromatic carbocycles. The highest BCUT2D eigenvalue weighted by molar-refractivity contribution is 5.82. The molecule has 52 heavy (non-hydrogen) atoms. The van der Waals surface area contributed by atoms with Gasteiger partial charge in [0.25, 0.3) is 0 Å². The van der Waals surface area contributed by atoms with Gasteiger partial charge in [0.1, 0.15) is 25.6 Å². The molecule has 1 aliphatic rings. The van der Waals surface area contributed by atoms with Crippen LogP contribution in [0.5, 0.6) is 0 Å². The third-order valence-electron chi connectivity index (χ3n) is 10.8. The monoisotopic (exact) mass is 710 g/mol. The summed E-state index contributed by atoms with van der Waals surface area (Å²) in [4.78, 5) is 53.7. The van der Waals surface area contributed by atoms with E-state index in [4.69, 9.17) is 14.2 Å². The van der Waals surface area contributed by atoms with Crippen molar-refractivity contribution in [3.05, 3.63) is 108 Å². The van der Waals surface area contributed by atoms with E-state index in [1.165, 1.54) is 0 Å². The minimum Gasteiger partial charge on any atom is -0.461 e. The summed E-state index contributed by atoms with van der Waals surface area (Å²) in [5, 5.41) is 0. The molecule has 280 valence electrons. The summed E-state index contributed by atoms with van der Waals surface area (Å²) in [6.45, 7) is 8.73. The second-order valence-electron chi connectivity index (χ2n) is 15.0. The van der Waals surface area contributed by atoms with Gasteiger partial charge >= 0.3 is 17.9 Å². The van der Waals surface area contributed by atoms with Crippen LogP contribution in [0.1, 0.15) is 102 Å². The van der Waals surface area contributed by atoms with Gasteiger partial charge in [0, 0.05) is 12.3 Å². The van der Waals surface area contributed by atoms with Crippen LogP contribution in [0.3, 0.4) is 0 Å². The van der Waals surface area contributed by atoms with Crippen molar-refractivity contribution in [3.8, 4) is 0 Å². The van der Waals surface area contributed by atoms with E-state index in [0.29, 0.717) is 38.5 Å². The molecule has 7 heteroatoms. The number of Topliss-reactive ketones (excluding diaryl/α,β-unsaturated/α-hetero) is 1. The van der Waals surface area contributed by atoms with E-state index in [0.717, 1.165) is 36.0 Å². The van der Waals surface area contributed by atoms with Crippen LogP contribution in [0, 0.1) is 41.4 Å². The molecule has 0 saturated heterocycles. The molecule has 0 heterocycles. The fourth-order valence-electron chi connectivity index (χ4n) is 7.51. The van der Waals surface area contributed by atoms with Crippen molar-refractivity contribution in [2.75, 3.05) is 0 Å². The Hall–Kier alpha value is -4.26. The Morgan fingerprint density at radius 1 is 0.635 bits per heavy atom. The molecule has 0 N–H and O–H groups in total. The van der Waals surface area contributed by atoms with Gasteiger partial charge in [-0.05, 0) is 85.8 Å². The minimum absolute atomic E-state index is 0.0121. The maximum absolute atomic E-state index is 13.8. The third kappa shape index (κ3) is 12.8. The van der Waals surface area contributed by atoms with Gasteiger partial charge in [-0.25, -0.2) is 0 Å². The molecule has 0 aliphatic heterocycles. The number of ether oxygens (including phenoxy) is 3. The molecule has 0 spiro atoms. The molecule has 0 aromatic heterocycles. The van der Waals surface area contributed by atoms with Crippen molar-refractivity contribution >= 4 is 23.7 Å². The van der Waals surface area contributed by atoms with Gasteiger partial charge in [-0.3, -0.25) is 19.2 Å². The first-order valence-corrected chi connectivity index (χ1v) is 19.3. The number of hydrogen-bond donors (Lipinski definition) is 0. The second kappa shape index (κ2) is 21.3. The summed E-state index contributed by atoms with van der Waals surface area (Å²) in [6.07, 6.45) is 5.68. The van der Waals surface area contributed by atoms with E-state index < -0.39 is 11.8 Å². The normalized spacial score (nSPS) is 18.9. The van der Waals surface area contributed by atoms with Gasteiger partial charge in [-0.15, -0.1) is 0 Å². The highest BCUT2D eigenvalue weighted by Crippen LogP contribution is 2.40. The molecule has 1 saturated carbocycles. The molecular formula is C45H58O7. The van der Waals surface area contributed by atoms with E-state index in [1.54, 1.807) is 0 Å². The van der Waals surface area contributed by atoms with Crippen molar-refractivity contribution < 1.29 is 33.4 Å². The van der Waals surface area contributed by atoms with Crippen molar-refractivity contribution in [1.82, 2.24) is 0 Å². The van der Waals surface area contributed by atoms with Crippen LogP contribution in [0.4, 0.5) is 0 Å². The highest BCUT2D eigenvalue weighted by Gasteiger charge is 2.39. The molecule has 0 amide bonds. The third-order valence-corrected chi connectivity index (χ3v) is 10.8. The fraction of sp³-hybridized carbons (Fsp3) is 0.511. The minimum atomic E-state index is -0.419. The maximum atomic E-state index is 13.8. The number of esters is 3. The zero-order valence-electron chi connectivity index (χ0n) is 31.5. The highest BCUT2D eigenvalue weighted by atomic mass is 16.5. The number of hydrogen-bond acceptors (Lipinski definition) is 7. The molecular weight excluding hydrogens is 652 g/mol. The van der Waals surface area contributed by atoms with Crippen LogP contribution >= 0.6 is 0 Å². The molecule has 0 bridgehead atoms.